The number of nitrogens with one attached hydrogen (secondary N) is 5. The molecular formula is C69H71F2N7O21S2. The van der Waals surface area contributed by atoms with Crippen LogP contribution < -0.4 is 42.6 Å². The normalized spacial score (nSPS) is 14.6. The van der Waals surface area contributed by atoms with Gasteiger partial charge in [0.2, 0.25) is 35.0 Å². The molecule has 13 N–H and O–H groups in total. The second-order valence-corrected chi connectivity index (χ2v) is 25.5. The predicted molar refractivity (Wildman–Crippen MR) is 362 cm³/mol. The van der Waals surface area contributed by atoms with Crippen LogP contribution in [0.3, 0.4) is 0 Å². The maximum atomic E-state index is 14.9. The molecular weight excluding hydrogens is 1360 g/mol. The number of hydrogen-bond acceptors (Lipinski definition) is 19. The van der Waals surface area contributed by atoms with E-state index in [1.54, 1.807) is 60.7 Å². The molecule has 0 radical (unpaired) electrons. The summed E-state index contributed by atoms with van der Waals surface area (Å²) in [6.07, 6.45) is -2.77. The number of Topliss-reactive ketones (excluding diaryl/α,β-unsaturated/α-hetero) is 3. The van der Waals surface area contributed by atoms with E-state index in [0.717, 1.165) is 42.5 Å². The third kappa shape index (κ3) is 22.1. The molecule has 32 heteroatoms. The van der Waals surface area contributed by atoms with Crippen molar-refractivity contribution in [2.45, 2.75) is 119 Å². The van der Waals surface area contributed by atoms with Crippen LogP contribution >= 0.6 is 24.0 Å². The maximum absolute atomic E-state index is 14.9. The first-order chi connectivity index (χ1) is 48.0. The zero-order valence-electron chi connectivity index (χ0n) is 53.8. The highest BCUT2D eigenvalue weighted by Crippen LogP contribution is 2.44. The molecule has 1 fully saturated rings. The Morgan fingerprint density at radius 1 is 0.644 bits per heavy atom. The summed E-state index contributed by atoms with van der Waals surface area (Å²) >= 11 is 5.74. The Morgan fingerprint density at radius 2 is 1.30 bits per heavy atom. The number of aromatic hydroxyl groups is 1. The van der Waals surface area contributed by atoms with Gasteiger partial charge in [-0.1, -0.05) is 66.7 Å². The second-order valence-electron chi connectivity index (χ2n) is 23.8. The number of imide groups is 1. The van der Waals surface area contributed by atoms with E-state index in [4.69, 9.17) is 27.5 Å². The smallest absolute Gasteiger partial charge is 0.336 e. The van der Waals surface area contributed by atoms with Gasteiger partial charge in [0.1, 0.15) is 29.2 Å². The molecule has 1 aliphatic carbocycles. The fraction of sp³-hybridized carbons (Fsp3) is 0.348. The molecule has 0 aromatic heterocycles. The van der Waals surface area contributed by atoms with Crippen molar-refractivity contribution in [1.82, 2.24) is 26.6 Å². The lowest BCUT2D eigenvalue weighted by Crippen LogP contribution is -2.53. The highest BCUT2D eigenvalue weighted by Gasteiger charge is 2.42. The summed E-state index contributed by atoms with van der Waals surface area (Å²) in [4.78, 5) is 183. The van der Waals surface area contributed by atoms with E-state index in [1.807, 2.05) is 0 Å². The topological polar surface area (TPSA) is 463 Å². The molecule has 7 rings (SSSR count). The second kappa shape index (κ2) is 36.3. The Labute approximate surface area is 583 Å². The molecule has 0 spiro atoms. The van der Waals surface area contributed by atoms with Crippen molar-refractivity contribution in [3.8, 4) is 28.2 Å². The fourth-order valence-electron chi connectivity index (χ4n) is 11.1. The summed E-state index contributed by atoms with van der Waals surface area (Å²) in [5.74, 6) is -20.3. The lowest BCUT2D eigenvalue weighted by atomic mass is 9.89. The van der Waals surface area contributed by atoms with E-state index in [-0.39, 0.29) is 121 Å². The van der Waals surface area contributed by atoms with Crippen molar-refractivity contribution < 1.29 is 106 Å². The predicted octanol–water partition coefficient (Wildman–Crippen LogP) is 4.91. The maximum Gasteiger partial charge on any atom is 0.336 e. The third-order valence-electron chi connectivity index (χ3n) is 16.3. The minimum Gasteiger partial charge on any atom is -0.505 e. The van der Waals surface area contributed by atoms with Gasteiger partial charge in [0, 0.05) is 98.4 Å². The number of halogens is 2. The lowest BCUT2D eigenvalue weighted by molar-refractivity contribution is -0.144. The number of carbonyl (C=O) groups is 13. The zero-order chi connectivity index (χ0) is 73.8. The molecule has 0 saturated carbocycles. The number of carboxylic acid groups (broad SMARTS) is 5. The Bertz CT molecular complexity index is 4200. The Morgan fingerprint density at radius 3 is 1.94 bits per heavy atom. The summed E-state index contributed by atoms with van der Waals surface area (Å²) in [7, 11) is 0. The van der Waals surface area contributed by atoms with Gasteiger partial charge in [0.15, 0.2) is 34.1 Å². The van der Waals surface area contributed by atoms with Gasteiger partial charge in [0.25, 0.3) is 0 Å². The molecule has 0 bridgehead atoms. The molecule has 1 saturated heterocycles. The van der Waals surface area contributed by atoms with Crippen molar-refractivity contribution in [3.05, 3.63) is 142 Å². The lowest BCUT2D eigenvalue weighted by Gasteiger charge is -2.23. The molecule has 5 amide bonds. The molecule has 1 unspecified atom stereocenters. The molecule has 7 atom stereocenters. The first kappa shape index (κ1) is 77.5. The van der Waals surface area contributed by atoms with Crippen LogP contribution in [0.2, 0.25) is 0 Å². The number of carbonyl (C=O) groups excluding carboxylic acids is 8. The number of rotatable bonds is 39. The largest absolute Gasteiger partial charge is 0.505 e. The van der Waals surface area contributed by atoms with Gasteiger partial charge in [-0.25, -0.2) is 23.3 Å². The number of carboxylic acids is 5. The number of fused-ring (bicyclic) bond motifs is 2. The Hall–Kier alpha value is -10.9. The molecule has 534 valence electrons. The Balaban J connectivity index is 0.948. The molecule has 101 heavy (non-hydrogen) atoms. The van der Waals surface area contributed by atoms with E-state index in [0.29, 0.717) is 27.8 Å². The molecule has 4 aromatic rings. The quantitative estimate of drug-likeness (QED) is 0.0105. The van der Waals surface area contributed by atoms with Gasteiger partial charge in [-0.3, -0.25) is 57.5 Å². The number of hydrogen-bond donors (Lipinski definition) is 12. The summed E-state index contributed by atoms with van der Waals surface area (Å²) in [5, 5.41) is 70.4. The van der Waals surface area contributed by atoms with Crippen LogP contribution in [0.1, 0.15) is 98.5 Å². The van der Waals surface area contributed by atoms with Crippen LogP contribution in [0.25, 0.3) is 33.4 Å². The SMILES string of the molecule is N[C@@H](CNC(=O)[C@@H](CC(=O)[C@H](Cc1ccccc1)NC(=O)CCCCC(=O)CC[C@H](NC(=S)NCCCC(=O)O)C(=O)O)Cc1ccccc1)C(=O)N[C@@H](CC(=O)O)C(=O)C[C@@H](CSC1CC(=O)N(c2ccc(-c3c4cc(F)c(=O)cc-4oc4cc(O)c(F)cc34)c(C(=O)O)c2)C1=O)C(=O)O. The average molecular weight is 1440 g/mol. The number of nitrogens with two attached hydrogens (primary N) is 1. The van der Waals surface area contributed by atoms with E-state index >= 15 is 0 Å². The number of anilines is 1. The van der Waals surface area contributed by atoms with Crippen molar-refractivity contribution in [2.24, 2.45) is 17.6 Å². The fourth-order valence-corrected chi connectivity index (χ4v) is 12.6. The molecule has 4 aromatic carbocycles. The van der Waals surface area contributed by atoms with Gasteiger partial charge >= 0.3 is 29.8 Å². The number of thiocarbonyl (C=S) groups is 1. The average Bonchev–Trinajstić information content (AvgIpc) is 1.35. The molecule has 3 aliphatic rings. The van der Waals surface area contributed by atoms with Crippen LogP contribution in [0.4, 0.5) is 14.5 Å². The number of aromatic carboxylic acids is 1. The number of nitrogens with zero attached hydrogens (tertiary/aromatic N) is 1. The minimum atomic E-state index is -1.89. The first-order valence-electron chi connectivity index (χ1n) is 31.6. The van der Waals surface area contributed by atoms with Crippen LogP contribution in [0, 0.1) is 23.5 Å². The van der Waals surface area contributed by atoms with Crippen LogP contribution in [-0.4, -0.2) is 161 Å². The van der Waals surface area contributed by atoms with Gasteiger partial charge in [-0.2, -0.15) is 0 Å². The molecule has 2 heterocycles. The van der Waals surface area contributed by atoms with Crippen LogP contribution in [0.5, 0.6) is 5.75 Å². The highest BCUT2D eigenvalue weighted by molar-refractivity contribution is 8.00. The van der Waals surface area contributed by atoms with E-state index in [1.165, 1.54) is 0 Å². The summed E-state index contributed by atoms with van der Waals surface area (Å²) in [5.41, 5.74) is 4.66. The summed E-state index contributed by atoms with van der Waals surface area (Å²) in [6, 6.07) is 17.6. The molecule has 2 aliphatic heterocycles. The standard InChI is InChI=1S/C69H71F2N7O21S2/c70-45-27-43-55(30-51(45)80)99-56-31-52(81)46(71)28-44(56)62(43)41-19-17-39(26-42(41)67(95)96)78-59(85)32-57(65(78)92)101-34-38(66(93)94)25-54(83)50(29-61(88)89)76-64(91)47(72)33-74-63(90)37(22-35-10-3-1-4-11-35)24-53(82)49(23-36-12-5-2-6-13-36)75-58(84)15-8-7-14-40(79)18-20-48(68(97)98)77-69(100)73-21-9-16-60(86)87/h1-6,10-13,17,19,26-28,30-31,37-38,47-50,57,80H,7-9,14-16,18,20-25,29,32-34,72H2,(H,74,90)(H,75,84)(H,76,91)(H,86,87)(H,88,89)(H,93,94)(H,95,96)(H,97,98)(H2,73,77,100)/t37-,38+,47+,48+,49+,50+,57?/m1/s1. The van der Waals surface area contributed by atoms with Gasteiger partial charge in [0.05, 0.1) is 40.9 Å². The number of phenolic OH excluding ortho intramolecular Hbond substituents is 1. The van der Waals surface area contributed by atoms with Crippen LogP contribution in [0.15, 0.2) is 112 Å². The number of benzene rings is 5. The minimum absolute atomic E-state index is 0.0119. The van der Waals surface area contributed by atoms with E-state index < -0.39 is 179 Å². The van der Waals surface area contributed by atoms with E-state index in [9.17, 15) is 101 Å². The van der Waals surface area contributed by atoms with Gasteiger partial charge < -0.3 is 67.4 Å². The monoisotopic (exact) mass is 1440 g/mol. The third-order valence-corrected chi connectivity index (χ3v) is 18.0. The number of ketones is 3. The summed E-state index contributed by atoms with van der Waals surface area (Å²) in [6.45, 7) is -0.451. The van der Waals surface area contributed by atoms with Gasteiger partial charge in [-0.05, 0) is 91.7 Å². The first-order valence-corrected chi connectivity index (χ1v) is 33.1. The van der Waals surface area contributed by atoms with Crippen molar-refractivity contribution in [2.75, 3.05) is 23.7 Å². The van der Waals surface area contributed by atoms with Crippen molar-refractivity contribution in [3.63, 3.8) is 0 Å². The highest BCUT2D eigenvalue weighted by atomic mass is 32.2. The zero-order valence-corrected chi connectivity index (χ0v) is 55.4. The van der Waals surface area contributed by atoms with Crippen molar-refractivity contribution in [1.29, 1.82) is 0 Å². The summed E-state index contributed by atoms with van der Waals surface area (Å²) < 4.78 is 35.3. The van der Waals surface area contributed by atoms with Gasteiger partial charge in [-0.15, -0.1) is 11.8 Å². The number of aliphatic carboxylic acids is 4. The number of amides is 5. The van der Waals surface area contributed by atoms with Crippen molar-refractivity contribution >= 4 is 122 Å². The Kier molecular flexibility index (Phi) is 27.8. The number of unbranched alkanes of at least 4 members (excludes halogenated alkanes) is 1. The number of thioether (sulfide) groups is 1. The molecule has 28 nitrogen and oxygen atoms in total. The van der Waals surface area contributed by atoms with Crippen LogP contribution in [-0.2, 0) is 70.4 Å². The number of phenols is 1. The van der Waals surface area contributed by atoms with E-state index in [2.05, 4.69) is 26.6 Å².